The summed E-state index contributed by atoms with van der Waals surface area (Å²) in [5, 5.41) is 3.39. The zero-order valence-corrected chi connectivity index (χ0v) is 14.8. The minimum atomic E-state index is 0. The average molecular weight is 349 g/mol. The molecule has 1 fully saturated rings. The molecule has 1 aromatic rings. The number of nitrogens with one attached hydrogen (secondary N) is 1. The van der Waals surface area contributed by atoms with Crippen molar-refractivity contribution in [3.63, 3.8) is 0 Å². The van der Waals surface area contributed by atoms with E-state index >= 15 is 0 Å². The number of piperazine rings is 1. The molecule has 0 unspecified atom stereocenters. The lowest BCUT2D eigenvalue weighted by Crippen LogP contribution is -2.45. The van der Waals surface area contributed by atoms with Crippen LogP contribution in [0.3, 0.4) is 0 Å². The van der Waals surface area contributed by atoms with Gasteiger partial charge in [0.05, 0.1) is 14.2 Å². The number of halogens is 2. The highest BCUT2D eigenvalue weighted by molar-refractivity contribution is 5.85. The van der Waals surface area contributed by atoms with Gasteiger partial charge in [-0.1, -0.05) is 18.2 Å². The van der Waals surface area contributed by atoms with Gasteiger partial charge < -0.3 is 14.8 Å². The van der Waals surface area contributed by atoms with Crippen LogP contribution in [0.25, 0.3) is 0 Å². The Bertz CT molecular complexity index is 452. The van der Waals surface area contributed by atoms with Crippen molar-refractivity contribution in [3.05, 3.63) is 36.4 Å². The predicted molar refractivity (Wildman–Crippen MR) is 96.0 cm³/mol. The Kier molecular flexibility index (Phi) is 10.3. The first-order chi connectivity index (χ1) is 9.81. The Labute approximate surface area is 145 Å². The molecule has 1 saturated heterocycles. The molecule has 1 aliphatic rings. The summed E-state index contributed by atoms with van der Waals surface area (Å²) in [7, 11) is 3.37. The Morgan fingerprint density at radius 3 is 2.45 bits per heavy atom. The van der Waals surface area contributed by atoms with Crippen LogP contribution in [0, 0.1) is 0 Å². The highest BCUT2D eigenvalue weighted by Gasteiger charge is 2.25. The molecular weight excluding hydrogens is 323 g/mol. The SMILES string of the molecule is C=CC[C@H](c1cccc(OC)c1OC)N1CCNCC1.Cl.Cl. The summed E-state index contributed by atoms with van der Waals surface area (Å²) in [6.45, 7) is 8.04. The zero-order valence-electron chi connectivity index (χ0n) is 13.2. The Morgan fingerprint density at radius 1 is 1.23 bits per heavy atom. The highest BCUT2D eigenvalue weighted by atomic mass is 35.5. The van der Waals surface area contributed by atoms with E-state index in [2.05, 4.69) is 22.9 Å². The molecule has 0 bridgehead atoms. The van der Waals surface area contributed by atoms with E-state index in [0.717, 1.165) is 44.1 Å². The van der Waals surface area contributed by atoms with E-state index in [-0.39, 0.29) is 24.8 Å². The van der Waals surface area contributed by atoms with Gasteiger partial charge in [0.1, 0.15) is 0 Å². The fourth-order valence-electron chi connectivity index (χ4n) is 2.80. The Hall–Kier alpha value is -0.940. The summed E-state index contributed by atoms with van der Waals surface area (Å²) in [5.41, 5.74) is 1.17. The molecule has 6 heteroatoms. The fourth-order valence-corrected chi connectivity index (χ4v) is 2.80. The molecule has 0 aromatic heterocycles. The maximum Gasteiger partial charge on any atom is 0.165 e. The third-order valence-electron chi connectivity index (χ3n) is 3.77. The molecule has 0 spiro atoms. The number of rotatable bonds is 6. The molecular formula is C16H26Cl2N2O2. The van der Waals surface area contributed by atoms with E-state index in [4.69, 9.17) is 9.47 Å². The van der Waals surface area contributed by atoms with Crippen LogP contribution in [0.1, 0.15) is 18.0 Å². The predicted octanol–water partition coefficient (Wildman–Crippen LogP) is 3.07. The van der Waals surface area contributed by atoms with Crippen LogP contribution < -0.4 is 14.8 Å². The summed E-state index contributed by atoms with van der Waals surface area (Å²) >= 11 is 0. The van der Waals surface area contributed by atoms with Crippen molar-refractivity contribution in [2.75, 3.05) is 40.4 Å². The monoisotopic (exact) mass is 348 g/mol. The molecule has 1 heterocycles. The van der Waals surface area contributed by atoms with Gasteiger partial charge in [-0.3, -0.25) is 4.90 Å². The number of nitrogens with zero attached hydrogens (tertiary/aromatic N) is 1. The maximum atomic E-state index is 5.58. The summed E-state index contributed by atoms with van der Waals surface area (Å²) < 4.78 is 11.0. The molecule has 1 aliphatic heterocycles. The summed E-state index contributed by atoms with van der Waals surface area (Å²) in [6.07, 6.45) is 2.88. The molecule has 2 rings (SSSR count). The van der Waals surface area contributed by atoms with Crippen LogP contribution in [0.15, 0.2) is 30.9 Å². The molecule has 1 N–H and O–H groups in total. The van der Waals surface area contributed by atoms with Gasteiger partial charge in [-0.25, -0.2) is 0 Å². The number of hydrogen-bond donors (Lipinski definition) is 1. The first-order valence-electron chi connectivity index (χ1n) is 7.08. The second-order valence-electron chi connectivity index (χ2n) is 4.91. The van der Waals surface area contributed by atoms with Gasteiger partial charge in [0, 0.05) is 37.8 Å². The summed E-state index contributed by atoms with van der Waals surface area (Å²) in [5.74, 6) is 1.62. The quantitative estimate of drug-likeness (QED) is 0.801. The molecule has 0 amide bonds. The third-order valence-corrected chi connectivity index (χ3v) is 3.77. The molecule has 1 atom stereocenters. The number of para-hydroxylation sites is 1. The van der Waals surface area contributed by atoms with Crippen molar-refractivity contribution in [2.45, 2.75) is 12.5 Å². The second kappa shape index (κ2) is 10.7. The fraction of sp³-hybridized carbons (Fsp3) is 0.500. The van der Waals surface area contributed by atoms with Crippen LogP contribution >= 0.6 is 24.8 Å². The van der Waals surface area contributed by atoms with E-state index in [9.17, 15) is 0 Å². The molecule has 126 valence electrons. The van der Waals surface area contributed by atoms with Crippen LogP contribution in [-0.2, 0) is 0 Å². The minimum absolute atomic E-state index is 0. The van der Waals surface area contributed by atoms with E-state index in [0.29, 0.717) is 6.04 Å². The van der Waals surface area contributed by atoms with E-state index in [1.807, 2.05) is 18.2 Å². The number of methoxy groups -OCH3 is 2. The van der Waals surface area contributed by atoms with Gasteiger partial charge in [-0.15, -0.1) is 31.4 Å². The van der Waals surface area contributed by atoms with Crippen molar-refractivity contribution >= 4 is 24.8 Å². The van der Waals surface area contributed by atoms with Gasteiger partial charge >= 0.3 is 0 Å². The summed E-state index contributed by atoms with van der Waals surface area (Å²) in [4.78, 5) is 2.48. The van der Waals surface area contributed by atoms with Crippen molar-refractivity contribution in [1.29, 1.82) is 0 Å². The second-order valence-corrected chi connectivity index (χ2v) is 4.91. The van der Waals surface area contributed by atoms with Gasteiger partial charge in [0.2, 0.25) is 0 Å². The van der Waals surface area contributed by atoms with Crippen LogP contribution in [-0.4, -0.2) is 45.3 Å². The smallest absolute Gasteiger partial charge is 0.165 e. The number of benzene rings is 1. The lowest BCUT2D eigenvalue weighted by atomic mass is 9.99. The first-order valence-corrected chi connectivity index (χ1v) is 7.08. The van der Waals surface area contributed by atoms with Crippen molar-refractivity contribution in [1.82, 2.24) is 10.2 Å². The maximum absolute atomic E-state index is 5.58. The van der Waals surface area contributed by atoms with Gasteiger partial charge in [0.15, 0.2) is 11.5 Å². The van der Waals surface area contributed by atoms with Gasteiger partial charge in [0.25, 0.3) is 0 Å². The van der Waals surface area contributed by atoms with E-state index in [1.54, 1.807) is 14.2 Å². The summed E-state index contributed by atoms with van der Waals surface area (Å²) in [6, 6.07) is 6.37. The molecule has 22 heavy (non-hydrogen) atoms. The molecule has 4 nitrogen and oxygen atoms in total. The average Bonchev–Trinajstić information content (AvgIpc) is 2.52. The minimum Gasteiger partial charge on any atom is -0.493 e. The number of ether oxygens (including phenoxy) is 2. The lowest BCUT2D eigenvalue weighted by Gasteiger charge is -2.35. The van der Waals surface area contributed by atoms with Gasteiger partial charge in [-0.05, 0) is 12.5 Å². The van der Waals surface area contributed by atoms with Crippen LogP contribution in [0.2, 0.25) is 0 Å². The number of hydrogen-bond acceptors (Lipinski definition) is 4. The Balaban J connectivity index is 0.00000220. The normalized spacial score (nSPS) is 15.9. The van der Waals surface area contributed by atoms with Crippen LogP contribution in [0.4, 0.5) is 0 Å². The molecule has 1 aromatic carbocycles. The van der Waals surface area contributed by atoms with Crippen molar-refractivity contribution in [2.24, 2.45) is 0 Å². The van der Waals surface area contributed by atoms with Crippen molar-refractivity contribution < 1.29 is 9.47 Å². The largest absolute Gasteiger partial charge is 0.493 e. The van der Waals surface area contributed by atoms with E-state index in [1.165, 1.54) is 5.56 Å². The molecule has 0 aliphatic carbocycles. The third kappa shape index (κ3) is 4.78. The molecule has 0 radical (unpaired) electrons. The zero-order chi connectivity index (χ0) is 14.4. The lowest BCUT2D eigenvalue weighted by molar-refractivity contribution is 0.171. The topological polar surface area (TPSA) is 33.7 Å². The van der Waals surface area contributed by atoms with Crippen molar-refractivity contribution in [3.8, 4) is 11.5 Å². The first kappa shape index (κ1) is 21.1. The van der Waals surface area contributed by atoms with Gasteiger partial charge in [-0.2, -0.15) is 0 Å². The van der Waals surface area contributed by atoms with Crippen LogP contribution in [0.5, 0.6) is 11.5 Å². The van der Waals surface area contributed by atoms with E-state index < -0.39 is 0 Å². The molecule has 0 saturated carbocycles. The Morgan fingerprint density at radius 2 is 1.91 bits per heavy atom. The highest BCUT2D eigenvalue weighted by Crippen LogP contribution is 2.38. The standard InChI is InChI=1S/C16H24N2O2.2ClH/c1-4-6-14(18-11-9-17-10-12-18)13-7-5-8-15(19-2)16(13)20-3;;/h4-5,7-8,14,17H,1,6,9-12H2,2-3H3;2*1H/t14-;;/m1../s1.